The Labute approximate surface area is 393 Å². The van der Waals surface area contributed by atoms with Gasteiger partial charge in [0.25, 0.3) is 0 Å². The first kappa shape index (κ1) is 47.7. The minimum Gasteiger partial charge on any atom is -0.423 e. The first-order chi connectivity index (χ1) is 33.0. The zero-order valence-electron chi connectivity index (χ0n) is 37.6. The number of esters is 4. The summed E-state index contributed by atoms with van der Waals surface area (Å²) in [6, 6.07) is 41.9. The van der Waals surface area contributed by atoms with Crippen molar-refractivity contribution in [1.82, 2.24) is 0 Å². The molecule has 0 amide bonds. The van der Waals surface area contributed by atoms with Crippen molar-refractivity contribution in [2.45, 2.75) is 65.2 Å². The van der Waals surface area contributed by atoms with Gasteiger partial charge in [-0.1, -0.05) is 118 Å². The number of ether oxygens (including phenoxy) is 4. The van der Waals surface area contributed by atoms with Gasteiger partial charge in [-0.15, -0.1) is 0 Å². The van der Waals surface area contributed by atoms with Crippen molar-refractivity contribution in [2.24, 2.45) is 0 Å². The summed E-state index contributed by atoms with van der Waals surface area (Å²) in [6.45, 7) is 4.34. The second kappa shape index (κ2) is 22.8. The zero-order chi connectivity index (χ0) is 48.0. The van der Waals surface area contributed by atoms with E-state index in [0.717, 1.165) is 85.0 Å². The molecule has 11 heteroatoms. The number of benzene rings is 7. The Morgan fingerprint density at radius 3 is 1.16 bits per heavy atom. The highest BCUT2D eigenvalue weighted by molar-refractivity contribution is 5.95. The molecule has 0 heterocycles. The van der Waals surface area contributed by atoms with Gasteiger partial charge in [-0.05, 0) is 120 Å². The quantitative estimate of drug-likeness (QED) is 0.0469. The minimum atomic E-state index is -1.21. The van der Waals surface area contributed by atoms with E-state index in [1.54, 1.807) is 54.6 Å². The molecule has 0 aliphatic carbocycles. The summed E-state index contributed by atoms with van der Waals surface area (Å²) in [7, 11) is 0. The van der Waals surface area contributed by atoms with Crippen LogP contribution in [0.2, 0.25) is 0 Å². The van der Waals surface area contributed by atoms with Gasteiger partial charge in [-0.3, -0.25) is 0 Å². The fraction of sp³-hybridized carbons (Fsp3) is 0.175. The summed E-state index contributed by atoms with van der Waals surface area (Å²) in [6.07, 6.45) is 9.03. The number of rotatable bonds is 18. The number of aryl methyl sites for hydroxylation is 2. The Hall–Kier alpha value is -8.23. The third-order valence-corrected chi connectivity index (χ3v) is 11.2. The van der Waals surface area contributed by atoms with E-state index in [1.165, 1.54) is 54.3 Å². The van der Waals surface area contributed by atoms with Gasteiger partial charge in [0.05, 0.1) is 22.3 Å². The third kappa shape index (κ3) is 12.2. The van der Waals surface area contributed by atoms with E-state index in [2.05, 4.69) is 38.1 Å². The molecule has 0 saturated carbocycles. The smallest absolute Gasteiger partial charge is 0.346 e. The van der Waals surface area contributed by atoms with E-state index in [-0.39, 0.29) is 34.1 Å². The maximum atomic E-state index is 15.3. The maximum Gasteiger partial charge on any atom is 0.346 e. The minimum absolute atomic E-state index is 0.170. The summed E-state index contributed by atoms with van der Waals surface area (Å²) < 4.78 is 52.0. The van der Waals surface area contributed by atoms with E-state index in [1.807, 2.05) is 24.3 Å². The Morgan fingerprint density at radius 2 is 0.824 bits per heavy atom. The van der Waals surface area contributed by atoms with Crippen LogP contribution < -0.4 is 18.9 Å². The van der Waals surface area contributed by atoms with Gasteiger partial charge in [0, 0.05) is 12.1 Å². The molecule has 9 nitrogen and oxygen atoms in total. The fourth-order valence-electron chi connectivity index (χ4n) is 7.37. The molecule has 0 aromatic heterocycles. The maximum absolute atomic E-state index is 15.3. The van der Waals surface area contributed by atoms with Crippen molar-refractivity contribution in [2.75, 3.05) is 0 Å². The third-order valence-electron chi connectivity index (χ3n) is 11.2. The number of nitriles is 1. The van der Waals surface area contributed by atoms with Gasteiger partial charge < -0.3 is 18.9 Å². The van der Waals surface area contributed by atoms with E-state index in [9.17, 15) is 24.4 Å². The van der Waals surface area contributed by atoms with Crippen molar-refractivity contribution in [3.8, 4) is 51.3 Å². The number of halogens is 2. The molecule has 0 spiro atoms. The highest BCUT2D eigenvalue weighted by atomic mass is 19.1. The number of nitrogens with zero attached hydrogens (tertiary/aromatic N) is 1. The second-order valence-electron chi connectivity index (χ2n) is 16.0. The SMILES string of the molecule is CCCCCc1ccc(-c2ccc(C(=O)Oc3ccc(C(=O)Oc4cccc(OC(=O)c5ccc(OC(=O)c6ccc(-c7ccc(CCCCC)cc7)cc6)cc5F)c4C#N)c(F)c3)cc2)cc1. The van der Waals surface area contributed by atoms with Crippen molar-refractivity contribution >= 4 is 23.9 Å². The van der Waals surface area contributed by atoms with Crippen LogP contribution in [-0.2, 0) is 12.8 Å². The number of carbonyl (C=O) groups is 4. The Balaban J connectivity index is 0.931. The predicted molar refractivity (Wildman–Crippen MR) is 254 cm³/mol. The van der Waals surface area contributed by atoms with Gasteiger partial charge in [-0.2, -0.15) is 5.26 Å². The molecule has 0 fully saturated rings. The van der Waals surface area contributed by atoms with Crippen molar-refractivity contribution in [3.05, 3.63) is 202 Å². The molecule has 0 unspecified atom stereocenters. The van der Waals surface area contributed by atoms with Gasteiger partial charge >= 0.3 is 23.9 Å². The number of hydrogen-bond acceptors (Lipinski definition) is 9. The molecule has 0 saturated heterocycles. The van der Waals surface area contributed by atoms with Crippen LogP contribution in [-0.4, -0.2) is 23.9 Å². The van der Waals surface area contributed by atoms with Crippen molar-refractivity contribution in [3.63, 3.8) is 0 Å². The van der Waals surface area contributed by atoms with E-state index < -0.39 is 52.2 Å². The average molecular weight is 912 g/mol. The molecule has 0 aliphatic heterocycles. The molecule has 7 aromatic rings. The monoisotopic (exact) mass is 911 g/mol. The van der Waals surface area contributed by atoms with Crippen LogP contribution in [0, 0.1) is 23.0 Å². The van der Waals surface area contributed by atoms with Crippen LogP contribution in [0.25, 0.3) is 22.3 Å². The summed E-state index contributed by atoms with van der Waals surface area (Å²) >= 11 is 0. The number of hydrogen-bond donors (Lipinski definition) is 0. The highest BCUT2D eigenvalue weighted by Crippen LogP contribution is 2.31. The molecule has 68 heavy (non-hydrogen) atoms. The number of unbranched alkanes of at least 4 members (excludes halogenated alkanes) is 4. The number of carbonyl (C=O) groups excluding carboxylic acids is 4. The van der Waals surface area contributed by atoms with Gasteiger partial charge in [0.2, 0.25) is 0 Å². The normalized spacial score (nSPS) is 10.8. The molecular formula is C57H47F2NO8. The van der Waals surface area contributed by atoms with Gasteiger partial charge in [0.1, 0.15) is 34.8 Å². The topological polar surface area (TPSA) is 129 Å². The van der Waals surface area contributed by atoms with Crippen molar-refractivity contribution in [1.29, 1.82) is 5.26 Å². The zero-order valence-corrected chi connectivity index (χ0v) is 37.6. The van der Waals surface area contributed by atoms with E-state index in [4.69, 9.17) is 18.9 Å². The van der Waals surface area contributed by atoms with E-state index >= 15 is 8.78 Å². The highest BCUT2D eigenvalue weighted by Gasteiger charge is 2.23. The summed E-state index contributed by atoms with van der Waals surface area (Å²) in [5.74, 6) is -7.15. The fourth-order valence-corrected chi connectivity index (χ4v) is 7.37. The average Bonchev–Trinajstić information content (AvgIpc) is 3.35. The predicted octanol–water partition coefficient (Wildman–Crippen LogP) is 13.5. The van der Waals surface area contributed by atoms with Gasteiger partial charge in [0.15, 0.2) is 11.5 Å². The Bertz CT molecular complexity index is 2770. The molecule has 7 rings (SSSR count). The first-order valence-electron chi connectivity index (χ1n) is 22.4. The lowest BCUT2D eigenvalue weighted by Crippen LogP contribution is -2.15. The van der Waals surface area contributed by atoms with E-state index in [0.29, 0.717) is 0 Å². The van der Waals surface area contributed by atoms with Crippen LogP contribution in [0.4, 0.5) is 8.78 Å². The van der Waals surface area contributed by atoms with Crippen molar-refractivity contribution < 1.29 is 46.9 Å². The lowest BCUT2D eigenvalue weighted by atomic mass is 10.0. The second-order valence-corrected chi connectivity index (χ2v) is 16.0. The molecule has 0 N–H and O–H groups in total. The molecule has 342 valence electrons. The lowest BCUT2D eigenvalue weighted by molar-refractivity contribution is 0.0720. The molecule has 0 atom stereocenters. The molecule has 0 radical (unpaired) electrons. The molecule has 7 aromatic carbocycles. The van der Waals surface area contributed by atoms with Crippen LogP contribution in [0.15, 0.2) is 152 Å². The Kier molecular flexibility index (Phi) is 16.0. The standard InChI is InChI=1S/C57H47F2NO8/c1-3-5-7-10-37-14-18-39(19-15-37)41-22-26-43(27-23-41)54(61)65-45-30-32-47(50(58)34-45)56(63)67-52-12-9-13-53(49(52)36-60)68-57(64)48-33-31-46(35-51(48)59)66-55(62)44-28-24-42(25-29-44)40-20-16-38(17-21-40)11-8-6-4-2/h9,12-35H,3-8,10-11H2,1-2H3. The van der Waals surface area contributed by atoms with Crippen LogP contribution in [0.5, 0.6) is 23.0 Å². The summed E-state index contributed by atoms with van der Waals surface area (Å²) in [4.78, 5) is 52.1. The Morgan fingerprint density at radius 1 is 0.456 bits per heavy atom. The molecule has 0 bridgehead atoms. The van der Waals surface area contributed by atoms with Crippen LogP contribution in [0.3, 0.4) is 0 Å². The lowest BCUT2D eigenvalue weighted by Gasteiger charge is -2.12. The molecule has 0 aliphatic rings. The van der Waals surface area contributed by atoms with Crippen LogP contribution in [0.1, 0.15) is 110 Å². The summed E-state index contributed by atoms with van der Waals surface area (Å²) in [5, 5.41) is 9.96. The molecular weight excluding hydrogens is 865 g/mol. The van der Waals surface area contributed by atoms with Gasteiger partial charge in [-0.25, -0.2) is 28.0 Å². The summed E-state index contributed by atoms with van der Waals surface area (Å²) in [5.41, 5.74) is 5.29. The largest absolute Gasteiger partial charge is 0.423 e. The van der Waals surface area contributed by atoms with Crippen LogP contribution >= 0.6 is 0 Å². The first-order valence-corrected chi connectivity index (χ1v) is 22.4.